The van der Waals surface area contributed by atoms with E-state index in [0.717, 1.165) is 20.4 Å². The Morgan fingerprint density at radius 2 is 2.17 bits per heavy atom. The number of nitrogens with zero attached hydrogens (tertiary/aromatic N) is 1. The number of hydrogen-bond donors (Lipinski definition) is 0. The highest BCUT2D eigenvalue weighted by Gasteiger charge is 2.03. The van der Waals surface area contributed by atoms with Crippen LogP contribution in [0, 0.1) is 0 Å². The molecular formula is C9H7BrClN. The molecule has 0 spiro atoms. The maximum atomic E-state index is 6.06. The zero-order valence-electron chi connectivity index (χ0n) is 6.51. The summed E-state index contributed by atoms with van der Waals surface area (Å²) >= 11 is 9.46. The summed E-state index contributed by atoms with van der Waals surface area (Å²) in [6.45, 7) is 0. The molecule has 0 aliphatic rings. The normalized spacial score (nSPS) is 10.9. The van der Waals surface area contributed by atoms with E-state index < -0.39 is 0 Å². The van der Waals surface area contributed by atoms with Crippen LogP contribution in [0.1, 0.15) is 0 Å². The first-order valence-electron chi connectivity index (χ1n) is 3.58. The Balaban J connectivity index is 2.93. The van der Waals surface area contributed by atoms with Gasteiger partial charge in [0.05, 0.1) is 10.5 Å². The van der Waals surface area contributed by atoms with Gasteiger partial charge in [0.1, 0.15) is 0 Å². The lowest BCUT2D eigenvalue weighted by Crippen LogP contribution is -1.84. The number of hydrogen-bond acceptors (Lipinski definition) is 0. The predicted octanol–water partition coefficient (Wildman–Crippen LogP) is 3.59. The van der Waals surface area contributed by atoms with E-state index in [1.807, 2.05) is 29.9 Å². The minimum atomic E-state index is 0.784. The summed E-state index contributed by atoms with van der Waals surface area (Å²) in [6.07, 6.45) is 2.00. The van der Waals surface area contributed by atoms with Crippen LogP contribution < -0.4 is 0 Å². The summed E-state index contributed by atoms with van der Waals surface area (Å²) in [4.78, 5) is 0. The number of fused-ring (bicyclic) bond motifs is 1. The fraction of sp³-hybridized carbons (Fsp3) is 0.111. The lowest BCUT2D eigenvalue weighted by Gasteiger charge is -1.99. The predicted molar refractivity (Wildman–Crippen MR) is 55.6 cm³/mol. The molecule has 0 N–H and O–H groups in total. The van der Waals surface area contributed by atoms with Crippen molar-refractivity contribution >= 4 is 38.4 Å². The molecule has 0 unspecified atom stereocenters. The second-order valence-electron chi connectivity index (χ2n) is 2.75. The van der Waals surface area contributed by atoms with Gasteiger partial charge in [-0.05, 0) is 18.2 Å². The highest BCUT2D eigenvalue weighted by molar-refractivity contribution is 9.10. The van der Waals surface area contributed by atoms with E-state index in [1.54, 1.807) is 0 Å². The molecule has 0 aliphatic carbocycles. The monoisotopic (exact) mass is 243 g/mol. The Morgan fingerprint density at radius 3 is 2.92 bits per heavy atom. The first-order valence-corrected chi connectivity index (χ1v) is 4.75. The number of aryl methyl sites for hydroxylation is 1. The fourth-order valence-corrected chi connectivity index (χ4v) is 2.32. The second-order valence-corrected chi connectivity index (χ2v) is 4.07. The summed E-state index contributed by atoms with van der Waals surface area (Å²) in [5.41, 5.74) is 1.08. The molecule has 0 bridgehead atoms. The molecule has 0 amide bonds. The van der Waals surface area contributed by atoms with Crippen LogP contribution in [-0.4, -0.2) is 4.57 Å². The van der Waals surface area contributed by atoms with Crippen molar-refractivity contribution in [2.24, 2.45) is 7.05 Å². The van der Waals surface area contributed by atoms with Crippen LogP contribution in [-0.2, 0) is 7.05 Å². The van der Waals surface area contributed by atoms with Gasteiger partial charge in [-0.3, -0.25) is 0 Å². The Morgan fingerprint density at radius 1 is 1.42 bits per heavy atom. The highest BCUT2D eigenvalue weighted by Crippen LogP contribution is 2.28. The summed E-state index contributed by atoms with van der Waals surface area (Å²) in [5, 5.41) is 1.95. The van der Waals surface area contributed by atoms with Crippen molar-refractivity contribution in [1.29, 1.82) is 0 Å². The molecule has 2 aromatic rings. The first-order chi connectivity index (χ1) is 5.68. The Labute approximate surface area is 84.1 Å². The van der Waals surface area contributed by atoms with Crippen LogP contribution in [0.2, 0.25) is 5.02 Å². The van der Waals surface area contributed by atoms with Gasteiger partial charge in [-0.25, -0.2) is 0 Å². The third-order valence-corrected chi connectivity index (χ3v) is 2.63. The topological polar surface area (TPSA) is 4.93 Å². The van der Waals surface area contributed by atoms with Crippen molar-refractivity contribution < 1.29 is 0 Å². The average Bonchev–Trinajstić information content (AvgIpc) is 2.31. The van der Waals surface area contributed by atoms with Crippen molar-refractivity contribution in [1.82, 2.24) is 4.57 Å². The summed E-state index contributed by atoms with van der Waals surface area (Å²) in [6, 6.07) is 6.01. The lowest BCUT2D eigenvalue weighted by molar-refractivity contribution is 0.969. The van der Waals surface area contributed by atoms with Gasteiger partial charge >= 0.3 is 0 Å². The maximum Gasteiger partial charge on any atom is 0.0667 e. The summed E-state index contributed by atoms with van der Waals surface area (Å²) < 4.78 is 3.04. The first kappa shape index (κ1) is 8.14. The molecule has 2 rings (SSSR count). The zero-order valence-corrected chi connectivity index (χ0v) is 8.85. The second kappa shape index (κ2) is 2.79. The van der Waals surface area contributed by atoms with Crippen LogP contribution in [0.25, 0.3) is 10.9 Å². The Bertz CT molecular complexity index is 433. The van der Waals surface area contributed by atoms with Gasteiger partial charge in [-0.15, -0.1) is 0 Å². The van der Waals surface area contributed by atoms with Gasteiger partial charge in [-0.1, -0.05) is 27.5 Å². The number of benzene rings is 1. The number of aromatic nitrogens is 1. The van der Waals surface area contributed by atoms with Crippen molar-refractivity contribution in [2.45, 2.75) is 0 Å². The van der Waals surface area contributed by atoms with E-state index in [-0.39, 0.29) is 0 Å². The molecule has 1 nitrogen and oxygen atoms in total. The van der Waals surface area contributed by atoms with Crippen LogP contribution in [0.5, 0.6) is 0 Å². The van der Waals surface area contributed by atoms with Gasteiger partial charge in [0, 0.05) is 23.1 Å². The molecule has 0 fully saturated rings. The molecule has 0 saturated heterocycles. The third-order valence-electron chi connectivity index (χ3n) is 1.89. The standard InChI is InChI=1S/C9H7BrClN/c1-12-3-2-6-4-7(10)5-8(11)9(6)12/h2-5H,1H3. The van der Waals surface area contributed by atoms with Crippen molar-refractivity contribution in [3.05, 3.63) is 33.9 Å². The van der Waals surface area contributed by atoms with E-state index in [9.17, 15) is 0 Å². The van der Waals surface area contributed by atoms with E-state index >= 15 is 0 Å². The van der Waals surface area contributed by atoms with Gasteiger partial charge in [0.2, 0.25) is 0 Å². The van der Waals surface area contributed by atoms with E-state index in [2.05, 4.69) is 22.0 Å². The largest absolute Gasteiger partial charge is 0.349 e. The molecule has 1 heterocycles. The van der Waals surface area contributed by atoms with Crippen molar-refractivity contribution in [3.8, 4) is 0 Å². The quantitative estimate of drug-likeness (QED) is 0.667. The van der Waals surface area contributed by atoms with Crippen LogP contribution in [0.3, 0.4) is 0 Å². The number of halogens is 2. The summed E-state index contributed by atoms with van der Waals surface area (Å²) in [7, 11) is 1.99. The third kappa shape index (κ3) is 1.15. The van der Waals surface area contributed by atoms with E-state index in [4.69, 9.17) is 11.6 Å². The molecule has 12 heavy (non-hydrogen) atoms. The molecule has 0 atom stereocenters. The number of rotatable bonds is 0. The molecular weight excluding hydrogens is 237 g/mol. The molecule has 1 aromatic carbocycles. The molecule has 0 radical (unpaired) electrons. The Hall–Kier alpha value is -0.470. The van der Waals surface area contributed by atoms with Crippen LogP contribution in [0.4, 0.5) is 0 Å². The molecule has 0 aliphatic heterocycles. The van der Waals surface area contributed by atoms with Gasteiger partial charge in [0.25, 0.3) is 0 Å². The average molecular weight is 245 g/mol. The molecule has 3 heteroatoms. The van der Waals surface area contributed by atoms with E-state index in [1.165, 1.54) is 0 Å². The van der Waals surface area contributed by atoms with Gasteiger partial charge in [0.15, 0.2) is 0 Å². The highest BCUT2D eigenvalue weighted by atomic mass is 79.9. The smallest absolute Gasteiger partial charge is 0.0667 e. The minimum Gasteiger partial charge on any atom is -0.349 e. The lowest BCUT2D eigenvalue weighted by atomic mass is 10.2. The van der Waals surface area contributed by atoms with Crippen molar-refractivity contribution in [2.75, 3.05) is 0 Å². The maximum absolute atomic E-state index is 6.06. The Kier molecular flexibility index (Phi) is 1.89. The SMILES string of the molecule is Cn1ccc2cc(Br)cc(Cl)c21. The molecule has 0 saturated carbocycles. The summed E-state index contributed by atoms with van der Waals surface area (Å²) in [5.74, 6) is 0. The van der Waals surface area contributed by atoms with Gasteiger partial charge < -0.3 is 4.57 Å². The molecule has 62 valence electrons. The van der Waals surface area contributed by atoms with Gasteiger partial charge in [-0.2, -0.15) is 0 Å². The van der Waals surface area contributed by atoms with Crippen LogP contribution in [0.15, 0.2) is 28.9 Å². The zero-order chi connectivity index (χ0) is 8.72. The minimum absolute atomic E-state index is 0.784. The van der Waals surface area contributed by atoms with Crippen molar-refractivity contribution in [3.63, 3.8) is 0 Å². The van der Waals surface area contributed by atoms with Crippen LogP contribution >= 0.6 is 27.5 Å². The fourth-order valence-electron chi connectivity index (χ4n) is 1.35. The molecule has 1 aromatic heterocycles. The van der Waals surface area contributed by atoms with E-state index in [0.29, 0.717) is 0 Å².